The fourth-order valence-electron chi connectivity index (χ4n) is 1.84. The lowest BCUT2D eigenvalue weighted by Gasteiger charge is -2.16. The van der Waals surface area contributed by atoms with Crippen LogP contribution < -0.4 is 10.1 Å². The van der Waals surface area contributed by atoms with Crippen molar-refractivity contribution in [2.24, 2.45) is 0 Å². The number of hydrogen-bond donors (Lipinski definition) is 1. The second-order valence-electron chi connectivity index (χ2n) is 3.89. The van der Waals surface area contributed by atoms with Gasteiger partial charge in [0.2, 0.25) is 0 Å². The van der Waals surface area contributed by atoms with Gasteiger partial charge in [-0.2, -0.15) is 0 Å². The SMILES string of the molecule is CNC(c1ccc(OC)c(Cl)c1)c1cc(Br)c(Br)s1. The first-order valence-corrected chi connectivity index (χ1v) is 8.30. The first-order chi connectivity index (χ1) is 9.06. The Morgan fingerprint density at radius 1 is 1.32 bits per heavy atom. The van der Waals surface area contributed by atoms with E-state index in [1.54, 1.807) is 18.4 Å². The second kappa shape index (κ2) is 6.59. The minimum absolute atomic E-state index is 0.107. The lowest BCUT2D eigenvalue weighted by atomic mass is 10.1. The molecular weight excluding hydrogens is 413 g/mol. The van der Waals surface area contributed by atoms with Crippen LogP contribution in [0, 0.1) is 0 Å². The molecule has 1 heterocycles. The summed E-state index contributed by atoms with van der Waals surface area (Å²) in [6.45, 7) is 0. The predicted octanol–water partition coefficient (Wildman–Crippen LogP) is 5.24. The van der Waals surface area contributed by atoms with Gasteiger partial charge >= 0.3 is 0 Å². The summed E-state index contributed by atoms with van der Waals surface area (Å²) < 4.78 is 7.33. The van der Waals surface area contributed by atoms with Crippen molar-refractivity contribution in [3.05, 3.63) is 48.0 Å². The Labute approximate surface area is 138 Å². The minimum Gasteiger partial charge on any atom is -0.495 e. The molecule has 0 spiro atoms. The van der Waals surface area contributed by atoms with Crippen LogP contribution in [0.25, 0.3) is 0 Å². The van der Waals surface area contributed by atoms with Gasteiger partial charge in [-0.15, -0.1) is 11.3 Å². The Balaban J connectivity index is 2.39. The van der Waals surface area contributed by atoms with Gasteiger partial charge in [-0.05, 0) is 62.7 Å². The zero-order valence-electron chi connectivity index (χ0n) is 10.3. The molecule has 0 saturated heterocycles. The molecule has 0 aliphatic heterocycles. The van der Waals surface area contributed by atoms with Crippen molar-refractivity contribution in [1.29, 1.82) is 0 Å². The van der Waals surface area contributed by atoms with Gasteiger partial charge in [0.1, 0.15) is 5.75 Å². The number of nitrogens with one attached hydrogen (secondary N) is 1. The van der Waals surface area contributed by atoms with Crippen molar-refractivity contribution in [2.45, 2.75) is 6.04 Å². The van der Waals surface area contributed by atoms with Crippen LogP contribution in [-0.4, -0.2) is 14.2 Å². The van der Waals surface area contributed by atoms with E-state index in [0.29, 0.717) is 10.8 Å². The Hall–Kier alpha value is -0.0700. The molecule has 2 aromatic rings. The molecule has 0 fully saturated rings. The number of halogens is 3. The maximum Gasteiger partial charge on any atom is 0.137 e. The third-order valence-electron chi connectivity index (χ3n) is 2.75. The summed E-state index contributed by atoms with van der Waals surface area (Å²) in [6.07, 6.45) is 0. The van der Waals surface area contributed by atoms with Gasteiger partial charge in [-0.1, -0.05) is 17.7 Å². The van der Waals surface area contributed by atoms with Gasteiger partial charge in [0.15, 0.2) is 0 Å². The highest BCUT2D eigenvalue weighted by atomic mass is 79.9. The number of hydrogen-bond acceptors (Lipinski definition) is 3. The van der Waals surface area contributed by atoms with Crippen LogP contribution in [0.15, 0.2) is 32.5 Å². The standard InChI is InChI=1S/C13H12Br2ClNOS/c1-17-12(11-6-8(14)13(15)19-11)7-3-4-10(18-2)9(16)5-7/h3-6,12,17H,1-2H3. The maximum atomic E-state index is 6.19. The van der Waals surface area contributed by atoms with Crippen LogP contribution in [0.1, 0.15) is 16.5 Å². The van der Waals surface area contributed by atoms with Gasteiger partial charge in [0.05, 0.1) is 22.0 Å². The van der Waals surface area contributed by atoms with Gasteiger partial charge in [0.25, 0.3) is 0 Å². The molecule has 1 aromatic heterocycles. The average molecular weight is 426 g/mol. The molecule has 1 aromatic carbocycles. The first kappa shape index (κ1) is 15.3. The van der Waals surface area contributed by atoms with Crippen molar-refractivity contribution < 1.29 is 4.74 Å². The van der Waals surface area contributed by atoms with E-state index in [2.05, 4.69) is 43.2 Å². The fraction of sp³-hybridized carbons (Fsp3) is 0.231. The number of benzene rings is 1. The van der Waals surface area contributed by atoms with Gasteiger partial charge < -0.3 is 10.1 Å². The predicted molar refractivity (Wildman–Crippen MR) is 88.6 cm³/mol. The van der Waals surface area contributed by atoms with Crippen LogP contribution in [0.4, 0.5) is 0 Å². The van der Waals surface area contributed by atoms with E-state index in [-0.39, 0.29) is 6.04 Å². The zero-order chi connectivity index (χ0) is 14.0. The average Bonchev–Trinajstić information content (AvgIpc) is 2.70. The lowest BCUT2D eigenvalue weighted by Crippen LogP contribution is -2.16. The highest BCUT2D eigenvalue weighted by molar-refractivity contribution is 9.13. The maximum absolute atomic E-state index is 6.19. The zero-order valence-corrected chi connectivity index (χ0v) is 15.1. The summed E-state index contributed by atoms with van der Waals surface area (Å²) in [4.78, 5) is 1.21. The number of methoxy groups -OCH3 is 1. The van der Waals surface area contributed by atoms with Crippen LogP contribution >= 0.6 is 54.8 Å². The molecule has 1 atom stereocenters. The fourth-order valence-corrected chi connectivity index (χ4v) is 4.34. The summed E-state index contributed by atoms with van der Waals surface area (Å²) >= 11 is 14.9. The minimum atomic E-state index is 0.107. The molecule has 0 amide bonds. The molecule has 1 unspecified atom stereocenters. The normalized spacial score (nSPS) is 12.5. The number of rotatable bonds is 4. The van der Waals surface area contributed by atoms with E-state index in [1.807, 2.05) is 25.2 Å². The van der Waals surface area contributed by atoms with Crippen molar-refractivity contribution in [3.8, 4) is 5.75 Å². The molecule has 0 aliphatic rings. The quantitative estimate of drug-likeness (QED) is 0.723. The van der Waals surface area contributed by atoms with Crippen molar-refractivity contribution in [1.82, 2.24) is 5.32 Å². The topological polar surface area (TPSA) is 21.3 Å². The van der Waals surface area contributed by atoms with Crippen molar-refractivity contribution >= 4 is 54.8 Å². The molecule has 0 bridgehead atoms. The summed E-state index contributed by atoms with van der Waals surface area (Å²) in [5, 5.41) is 3.93. The van der Waals surface area contributed by atoms with Gasteiger partial charge in [-0.3, -0.25) is 0 Å². The van der Waals surface area contributed by atoms with E-state index < -0.39 is 0 Å². The Bertz CT molecular complexity index is 569. The van der Waals surface area contributed by atoms with E-state index in [9.17, 15) is 0 Å². The van der Waals surface area contributed by atoms with Gasteiger partial charge in [-0.25, -0.2) is 0 Å². The highest BCUT2D eigenvalue weighted by Gasteiger charge is 2.17. The smallest absolute Gasteiger partial charge is 0.137 e. The molecule has 2 rings (SSSR count). The third-order valence-corrected chi connectivity index (χ3v) is 6.36. The lowest BCUT2D eigenvalue weighted by molar-refractivity contribution is 0.414. The Morgan fingerprint density at radius 2 is 2.05 bits per heavy atom. The van der Waals surface area contributed by atoms with Crippen LogP contribution in [0.2, 0.25) is 5.02 Å². The molecular formula is C13H12Br2ClNOS. The van der Waals surface area contributed by atoms with Crippen LogP contribution in [0.3, 0.4) is 0 Å². The first-order valence-electron chi connectivity index (χ1n) is 5.52. The molecule has 102 valence electrons. The molecule has 2 nitrogen and oxygen atoms in total. The molecule has 19 heavy (non-hydrogen) atoms. The van der Waals surface area contributed by atoms with E-state index in [1.165, 1.54) is 4.88 Å². The van der Waals surface area contributed by atoms with Crippen molar-refractivity contribution in [3.63, 3.8) is 0 Å². The highest BCUT2D eigenvalue weighted by Crippen LogP contribution is 2.38. The van der Waals surface area contributed by atoms with Crippen LogP contribution in [-0.2, 0) is 0 Å². The largest absolute Gasteiger partial charge is 0.495 e. The summed E-state index contributed by atoms with van der Waals surface area (Å²) in [7, 11) is 3.55. The Kier molecular flexibility index (Phi) is 5.31. The molecule has 0 aliphatic carbocycles. The van der Waals surface area contributed by atoms with Crippen LogP contribution in [0.5, 0.6) is 5.75 Å². The molecule has 6 heteroatoms. The molecule has 0 radical (unpaired) electrons. The van der Waals surface area contributed by atoms with E-state index >= 15 is 0 Å². The third kappa shape index (κ3) is 3.34. The Morgan fingerprint density at radius 3 is 2.53 bits per heavy atom. The summed E-state index contributed by atoms with van der Waals surface area (Å²) in [5.74, 6) is 0.689. The summed E-state index contributed by atoms with van der Waals surface area (Å²) in [6, 6.07) is 8.06. The van der Waals surface area contributed by atoms with Gasteiger partial charge in [0, 0.05) is 9.35 Å². The molecule has 0 saturated carbocycles. The summed E-state index contributed by atoms with van der Waals surface area (Å²) in [5.41, 5.74) is 1.11. The second-order valence-corrected chi connectivity index (χ2v) is 7.55. The number of thiophene rings is 1. The molecule has 1 N–H and O–H groups in total. The monoisotopic (exact) mass is 423 g/mol. The van der Waals surface area contributed by atoms with E-state index in [4.69, 9.17) is 16.3 Å². The number of ether oxygens (including phenoxy) is 1. The van der Waals surface area contributed by atoms with Crippen molar-refractivity contribution in [2.75, 3.05) is 14.2 Å². The van der Waals surface area contributed by atoms with E-state index in [0.717, 1.165) is 13.8 Å².